The fourth-order valence-corrected chi connectivity index (χ4v) is 0.939. The maximum atomic E-state index is 10.8. The van der Waals surface area contributed by atoms with Crippen LogP contribution in [0.1, 0.15) is 26.2 Å². The number of unbranched alkanes of at least 4 members (excludes halogenated alkanes) is 2. The van der Waals surface area contributed by atoms with Gasteiger partial charge in [0.25, 0.3) is 0 Å². The lowest BCUT2D eigenvalue weighted by Gasteiger charge is -2.04. The fourth-order valence-electron chi connectivity index (χ4n) is 0.939. The summed E-state index contributed by atoms with van der Waals surface area (Å²) in [5, 5.41) is 5.07. The number of hydrogen-bond acceptors (Lipinski definition) is 3. The van der Waals surface area contributed by atoms with E-state index in [1.165, 1.54) is 0 Å². The van der Waals surface area contributed by atoms with Gasteiger partial charge < -0.3 is 15.4 Å². The first-order valence-electron chi connectivity index (χ1n) is 4.82. The highest BCUT2D eigenvalue weighted by molar-refractivity contribution is 5.66. The van der Waals surface area contributed by atoms with E-state index < -0.39 is 0 Å². The second-order valence-electron chi connectivity index (χ2n) is 2.74. The summed E-state index contributed by atoms with van der Waals surface area (Å²) in [6, 6.07) is 0. The molecule has 2 amide bonds. The summed E-state index contributed by atoms with van der Waals surface area (Å²) in [6.07, 6.45) is 3.99. The molecular weight excluding hydrogens is 184 g/mol. The largest absolute Gasteiger partial charge is 0.450 e. The molecule has 0 bridgehead atoms. The third-order valence-corrected chi connectivity index (χ3v) is 1.60. The summed E-state index contributed by atoms with van der Waals surface area (Å²) in [4.78, 5) is 20.5. The minimum absolute atomic E-state index is 0.369. The van der Waals surface area contributed by atoms with Crippen LogP contribution in [-0.4, -0.2) is 32.2 Å². The lowest BCUT2D eigenvalue weighted by atomic mass is 10.2. The molecule has 5 heteroatoms. The van der Waals surface area contributed by atoms with Crippen LogP contribution in [0.3, 0.4) is 0 Å². The van der Waals surface area contributed by atoms with Crippen LogP contribution in [0.5, 0.6) is 0 Å². The quantitative estimate of drug-likeness (QED) is 0.445. The van der Waals surface area contributed by atoms with E-state index in [0.717, 1.165) is 19.3 Å². The minimum Gasteiger partial charge on any atom is -0.450 e. The van der Waals surface area contributed by atoms with Crippen LogP contribution in [0.15, 0.2) is 0 Å². The van der Waals surface area contributed by atoms with Crippen molar-refractivity contribution in [3.8, 4) is 0 Å². The zero-order valence-electron chi connectivity index (χ0n) is 8.47. The molecule has 0 heterocycles. The molecule has 0 aliphatic carbocycles. The molecule has 0 aromatic carbocycles. The van der Waals surface area contributed by atoms with E-state index in [2.05, 4.69) is 15.4 Å². The van der Waals surface area contributed by atoms with E-state index in [0.29, 0.717) is 19.7 Å². The van der Waals surface area contributed by atoms with Crippen LogP contribution in [-0.2, 0) is 9.53 Å². The Balaban J connectivity index is 3.05. The monoisotopic (exact) mass is 201 g/mol. The number of nitrogens with one attached hydrogen (secondary N) is 2. The van der Waals surface area contributed by atoms with Crippen molar-refractivity contribution < 1.29 is 14.3 Å². The highest BCUT2D eigenvalue weighted by Crippen LogP contribution is 1.92. The first-order valence-corrected chi connectivity index (χ1v) is 4.82. The van der Waals surface area contributed by atoms with Gasteiger partial charge in [0.15, 0.2) is 0 Å². The van der Waals surface area contributed by atoms with Gasteiger partial charge in [-0.3, -0.25) is 4.79 Å². The Bertz CT molecular complexity index is 162. The SMILES string of the molecule is CCOC(=O)NCCCCCN[C]=O. The van der Waals surface area contributed by atoms with Crippen molar-refractivity contribution in [2.24, 2.45) is 0 Å². The zero-order valence-corrected chi connectivity index (χ0v) is 8.47. The maximum Gasteiger partial charge on any atom is 0.407 e. The molecule has 2 N–H and O–H groups in total. The van der Waals surface area contributed by atoms with Gasteiger partial charge in [-0.2, -0.15) is 0 Å². The Kier molecular flexibility index (Phi) is 8.94. The molecule has 0 rings (SSSR count). The fraction of sp³-hybridized carbons (Fsp3) is 0.778. The maximum absolute atomic E-state index is 10.8. The number of carbonyl (C=O) groups excluding carboxylic acids is 2. The molecule has 81 valence electrons. The summed E-state index contributed by atoms with van der Waals surface area (Å²) in [5.74, 6) is 0. The molecule has 1 radical (unpaired) electrons. The standard InChI is InChI=1S/C9H17N2O3/c1-2-14-9(13)11-7-5-3-4-6-10-8-12/h2-7H2,1H3,(H,10,12)(H,11,13). The molecule has 0 aliphatic rings. The van der Waals surface area contributed by atoms with E-state index >= 15 is 0 Å². The van der Waals surface area contributed by atoms with E-state index in [-0.39, 0.29) is 6.09 Å². The number of amides is 2. The molecule has 0 spiro atoms. The molecular formula is C9H17N2O3. The normalized spacial score (nSPS) is 9.21. The smallest absolute Gasteiger partial charge is 0.407 e. The summed E-state index contributed by atoms with van der Waals surface area (Å²) in [7, 11) is 0. The molecule has 0 aliphatic heterocycles. The Morgan fingerprint density at radius 2 is 2.00 bits per heavy atom. The van der Waals surface area contributed by atoms with Gasteiger partial charge in [0.2, 0.25) is 0 Å². The molecule has 0 saturated carbocycles. The average Bonchev–Trinajstić information content (AvgIpc) is 2.17. The van der Waals surface area contributed by atoms with E-state index in [4.69, 9.17) is 0 Å². The van der Waals surface area contributed by atoms with Crippen molar-refractivity contribution in [1.29, 1.82) is 0 Å². The van der Waals surface area contributed by atoms with Gasteiger partial charge in [-0.1, -0.05) is 0 Å². The second kappa shape index (κ2) is 9.83. The zero-order chi connectivity index (χ0) is 10.6. The van der Waals surface area contributed by atoms with Gasteiger partial charge >= 0.3 is 12.5 Å². The average molecular weight is 201 g/mol. The highest BCUT2D eigenvalue weighted by Gasteiger charge is 1.97. The topological polar surface area (TPSA) is 67.4 Å². The molecule has 5 nitrogen and oxygen atoms in total. The van der Waals surface area contributed by atoms with Crippen LogP contribution in [0.2, 0.25) is 0 Å². The van der Waals surface area contributed by atoms with Crippen LogP contribution in [0, 0.1) is 0 Å². The third-order valence-electron chi connectivity index (χ3n) is 1.60. The summed E-state index contributed by atoms with van der Waals surface area (Å²) >= 11 is 0. The summed E-state index contributed by atoms with van der Waals surface area (Å²) < 4.78 is 4.67. The van der Waals surface area contributed by atoms with E-state index in [9.17, 15) is 9.59 Å². The molecule has 0 atom stereocenters. The van der Waals surface area contributed by atoms with Crippen LogP contribution < -0.4 is 10.6 Å². The van der Waals surface area contributed by atoms with E-state index in [1.807, 2.05) is 0 Å². The molecule has 0 aromatic heterocycles. The van der Waals surface area contributed by atoms with Crippen molar-refractivity contribution >= 4 is 12.5 Å². The van der Waals surface area contributed by atoms with Gasteiger partial charge in [-0.25, -0.2) is 4.79 Å². The van der Waals surface area contributed by atoms with Crippen molar-refractivity contribution in [3.63, 3.8) is 0 Å². The summed E-state index contributed by atoms with van der Waals surface area (Å²) in [6.45, 7) is 3.42. The van der Waals surface area contributed by atoms with Crippen molar-refractivity contribution in [3.05, 3.63) is 0 Å². The van der Waals surface area contributed by atoms with Crippen molar-refractivity contribution in [2.45, 2.75) is 26.2 Å². The third kappa shape index (κ3) is 8.83. The van der Waals surface area contributed by atoms with Gasteiger partial charge in [-0.15, -0.1) is 0 Å². The Morgan fingerprint density at radius 3 is 2.64 bits per heavy atom. The number of alkyl carbamates (subject to hydrolysis) is 1. The molecule has 0 aromatic rings. The molecule has 0 unspecified atom stereocenters. The first-order chi connectivity index (χ1) is 6.81. The highest BCUT2D eigenvalue weighted by atomic mass is 16.5. The van der Waals surface area contributed by atoms with Crippen LogP contribution >= 0.6 is 0 Å². The van der Waals surface area contributed by atoms with E-state index in [1.54, 1.807) is 13.3 Å². The van der Waals surface area contributed by atoms with Gasteiger partial charge in [0, 0.05) is 13.1 Å². The Morgan fingerprint density at radius 1 is 1.29 bits per heavy atom. The molecule has 0 fully saturated rings. The number of carbonyl (C=O) groups is 1. The van der Waals surface area contributed by atoms with Crippen LogP contribution in [0.4, 0.5) is 4.79 Å². The number of ether oxygens (including phenoxy) is 1. The lowest BCUT2D eigenvalue weighted by molar-refractivity contribution is 0.152. The minimum atomic E-state index is -0.369. The van der Waals surface area contributed by atoms with Gasteiger partial charge in [0.05, 0.1) is 6.61 Å². The van der Waals surface area contributed by atoms with Crippen molar-refractivity contribution in [1.82, 2.24) is 10.6 Å². The lowest BCUT2D eigenvalue weighted by Crippen LogP contribution is -2.25. The molecule has 14 heavy (non-hydrogen) atoms. The molecule has 0 saturated heterocycles. The van der Waals surface area contributed by atoms with Crippen molar-refractivity contribution in [2.75, 3.05) is 19.7 Å². The van der Waals surface area contributed by atoms with Gasteiger partial charge in [-0.05, 0) is 26.2 Å². The second-order valence-corrected chi connectivity index (χ2v) is 2.74. The number of rotatable bonds is 8. The van der Waals surface area contributed by atoms with Gasteiger partial charge in [0.1, 0.15) is 0 Å². The predicted octanol–water partition coefficient (Wildman–Crippen LogP) is 0.560. The number of hydrogen-bond donors (Lipinski definition) is 2. The first kappa shape index (κ1) is 12.7. The predicted molar refractivity (Wildman–Crippen MR) is 52.6 cm³/mol. The Hall–Kier alpha value is -1.26. The van der Waals surface area contributed by atoms with Crippen LogP contribution in [0.25, 0.3) is 0 Å². The summed E-state index contributed by atoms with van der Waals surface area (Å²) in [5.41, 5.74) is 0. The Labute approximate surface area is 84.2 Å².